The van der Waals surface area contributed by atoms with Crippen LogP contribution in [0.3, 0.4) is 0 Å². The average Bonchev–Trinajstić information content (AvgIpc) is 2.91. The molecule has 1 aromatic rings. The van der Waals surface area contributed by atoms with E-state index in [1.165, 1.54) is 16.4 Å². The van der Waals surface area contributed by atoms with Gasteiger partial charge in [0.25, 0.3) is 0 Å². The second-order valence-corrected chi connectivity index (χ2v) is 8.39. The first-order chi connectivity index (χ1) is 12.9. The summed E-state index contributed by atoms with van der Waals surface area (Å²) in [6.45, 7) is 0.947. The first kappa shape index (κ1) is 19.4. The van der Waals surface area contributed by atoms with Gasteiger partial charge in [0.15, 0.2) is 11.5 Å². The molecule has 2 heterocycles. The van der Waals surface area contributed by atoms with E-state index in [-0.39, 0.29) is 29.8 Å². The smallest absolute Gasteiger partial charge is 0.322 e. The molecule has 0 spiro atoms. The number of ether oxygens (including phenoxy) is 2. The minimum absolute atomic E-state index is 0.125. The maximum absolute atomic E-state index is 12.9. The predicted octanol–water partition coefficient (Wildman–Crippen LogP) is 0.449. The number of amides is 1. The zero-order valence-electron chi connectivity index (χ0n) is 14.7. The van der Waals surface area contributed by atoms with Crippen molar-refractivity contribution in [2.24, 2.45) is 5.92 Å². The van der Waals surface area contributed by atoms with Crippen LogP contribution in [0.5, 0.6) is 11.5 Å². The lowest BCUT2D eigenvalue weighted by Crippen LogP contribution is -2.43. The molecule has 0 aliphatic carbocycles. The minimum atomic E-state index is -3.71. The number of rotatable bonds is 5. The lowest BCUT2D eigenvalue weighted by Gasteiger charge is -2.30. The summed E-state index contributed by atoms with van der Waals surface area (Å²) in [5.41, 5.74) is 0. The van der Waals surface area contributed by atoms with E-state index < -0.39 is 22.5 Å². The fraction of sp³-hybridized carbons (Fsp3) is 0.529. The summed E-state index contributed by atoms with van der Waals surface area (Å²) in [6, 6.07) is 4.57. The molecule has 1 saturated heterocycles. The van der Waals surface area contributed by atoms with Crippen LogP contribution in [-0.4, -0.2) is 62.6 Å². The number of carbonyl (C=O) groups is 2. The number of nitrogens with one attached hydrogen (secondary N) is 1. The number of hydrogen-bond acceptors (Lipinski definition) is 6. The Morgan fingerprint density at radius 1 is 1.15 bits per heavy atom. The summed E-state index contributed by atoms with van der Waals surface area (Å²) >= 11 is 0. The van der Waals surface area contributed by atoms with Crippen molar-refractivity contribution in [3.8, 4) is 11.5 Å². The summed E-state index contributed by atoms with van der Waals surface area (Å²) in [7, 11) is -3.71. The monoisotopic (exact) mass is 398 g/mol. The fourth-order valence-electron chi connectivity index (χ4n) is 3.12. The molecule has 3 rings (SSSR count). The molecule has 0 unspecified atom stereocenters. The van der Waals surface area contributed by atoms with Crippen molar-refractivity contribution in [1.29, 1.82) is 0 Å². The molecule has 2 N–H and O–H groups in total. The molecule has 1 amide bonds. The number of hydrogen-bond donors (Lipinski definition) is 2. The van der Waals surface area contributed by atoms with Crippen molar-refractivity contribution in [1.82, 2.24) is 9.62 Å². The summed E-state index contributed by atoms with van der Waals surface area (Å²) < 4.78 is 38.2. The van der Waals surface area contributed by atoms with E-state index in [0.29, 0.717) is 37.6 Å². The Kier molecular flexibility index (Phi) is 5.85. The number of carboxylic acid groups (broad SMARTS) is 1. The van der Waals surface area contributed by atoms with Crippen LogP contribution in [0.15, 0.2) is 23.1 Å². The van der Waals surface area contributed by atoms with Gasteiger partial charge in [0.05, 0.1) is 18.1 Å². The van der Waals surface area contributed by atoms with Gasteiger partial charge in [-0.15, -0.1) is 0 Å². The van der Waals surface area contributed by atoms with Gasteiger partial charge in [-0.05, 0) is 25.0 Å². The van der Waals surface area contributed by atoms with Crippen LogP contribution in [0.1, 0.15) is 19.3 Å². The van der Waals surface area contributed by atoms with Gasteiger partial charge < -0.3 is 19.9 Å². The number of benzene rings is 1. The molecule has 9 nitrogen and oxygen atoms in total. The standard InChI is InChI=1S/C17H22N2O7S/c20-16(21)11-18-17(22)12-4-6-19(7-5-12)27(23,24)13-2-3-14-15(10-13)26-9-1-8-25-14/h2-3,10,12H,1,4-9,11H2,(H,18,22)(H,20,21). The molecule has 0 saturated carbocycles. The maximum Gasteiger partial charge on any atom is 0.322 e. The maximum atomic E-state index is 12.9. The second-order valence-electron chi connectivity index (χ2n) is 6.45. The van der Waals surface area contributed by atoms with Crippen LogP contribution in [0, 0.1) is 5.92 Å². The topological polar surface area (TPSA) is 122 Å². The van der Waals surface area contributed by atoms with Gasteiger partial charge in [-0.3, -0.25) is 9.59 Å². The van der Waals surface area contributed by atoms with Crippen LogP contribution in [0.2, 0.25) is 0 Å². The molecule has 0 bridgehead atoms. The first-order valence-corrected chi connectivity index (χ1v) is 10.2. The molecular formula is C17H22N2O7S. The second kappa shape index (κ2) is 8.13. The highest BCUT2D eigenvalue weighted by atomic mass is 32.2. The number of sulfonamides is 1. The number of aliphatic carboxylic acids is 1. The SMILES string of the molecule is O=C(O)CNC(=O)C1CCN(S(=O)(=O)c2ccc3c(c2)OCCCO3)CC1. The Morgan fingerprint density at radius 2 is 1.81 bits per heavy atom. The van der Waals surface area contributed by atoms with E-state index in [1.807, 2.05) is 0 Å². The van der Waals surface area contributed by atoms with Crippen molar-refractivity contribution in [2.75, 3.05) is 32.8 Å². The summed E-state index contributed by atoms with van der Waals surface area (Å²) in [4.78, 5) is 22.6. The van der Waals surface area contributed by atoms with Crippen LogP contribution < -0.4 is 14.8 Å². The predicted molar refractivity (Wildman–Crippen MR) is 94.2 cm³/mol. The van der Waals surface area contributed by atoms with Gasteiger partial charge >= 0.3 is 5.97 Å². The van der Waals surface area contributed by atoms with Crippen molar-refractivity contribution in [3.63, 3.8) is 0 Å². The molecule has 27 heavy (non-hydrogen) atoms. The average molecular weight is 398 g/mol. The van der Waals surface area contributed by atoms with Gasteiger partial charge in [-0.1, -0.05) is 0 Å². The molecular weight excluding hydrogens is 376 g/mol. The Hall–Kier alpha value is -2.33. The highest BCUT2D eigenvalue weighted by molar-refractivity contribution is 7.89. The van der Waals surface area contributed by atoms with Crippen LogP contribution in [0.4, 0.5) is 0 Å². The Labute approximate surface area is 157 Å². The van der Waals surface area contributed by atoms with E-state index in [9.17, 15) is 18.0 Å². The van der Waals surface area contributed by atoms with E-state index in [1.54, 1.807) is 6.07 Å². The van der Waals surface area contributed by atoms with Gasteiger partial charge in [-0.25, -0.2) is 8.42 Å². The molecule has 1 aromatic carbocycles. The largest absolute Gasteiger partial charge is 0.490 e. The third-order valence-corrected chi connectivity index (χ3v) is 6.49. The van der Waals surface area contributed by atoms with Gasteiger partial charge in [-0.2, -0.15) is 4.31 Å². The lowest BCUT2D eigenvalue weighted by molar-refractivity contribution is -0.138. The van der Waals surface area contributed by atoms with E-state index in [0.717, 1.165) is 6.42 Å². The molecule has 148 valence electrons. The number of nitrogens with zero attached hydrogens (tertiary/aromatic N) is 1. The Balaban J connectivity index is 1.66. The molecule has 10 heteroatoms. The van der Waals surface area contributed by atoms with Crippen LogP contribution >= 0.6 is 0 Å². The third-order valence-electron chi connectivity index (χ3n) is 4.60. The van der Waals surface area contributed by atoms with Crippen molar-refractivity contribution >= 4 is 21.9 Å². The first-order valence-electron chi connectivity index (χ1n) is 8.77. The van der Waals surface area contributed by atoms with E-state index in [4.69, 9.17) is 14.6 Å². The molecule has 0 atom stereocenters. The summed E-state index contributed by atoms with van der Waals surface area (Å²) in [6.07, 6.45) is 1.42. The number of carboxylic acids is 1. The Bertz CT molecular complexity index is 817. The van der Waals surface area contributed by atoms with Crippen molar-refractivity contribution in [3.05, 3.63) is 18.2 Å². The molecule has 2 aliphatic heterocycles. The van der Waals surface area contributed by atoms with Gasteiger partial charge in [0.1, 0.15) is 6.54 Å². The number of carbonyl (C=O) groups excluding carboxylic acids is 1. The third kappa shape index (κ3) is 4.51. The van der Waals surface area contributed by atoms with Crippen molar-refractivity contribution < 1.29 is 32.6 Å². The van der Waals surface area contributed by atoms with Crippen LogP contribution in [-0.2, 0) is 19.6 Å². The molecule has 1 fully saturated rings. The number of fused-ring (bicyclic) bond motifs is 1. The lowest BCUT2D eigenvalue weighted by atomic mass is 9.97. The minimum Gasteiger partial charge on any atom is -0.490 e. The summed E-state index contributed by atoms with van der Waals surface area (Å²) in [5.74, 6) is -0.917. The highest BCUT2D eigenvalue weighted by Gasteiger charge is 2.32. The number of piperidine rings is 1. The Morgan fingerprint density at radius 3 is 2.48 bits per heavy atom. The highest BCUT2D eigenvalue weighted by Crippen LogP contribution is 2.33. The van der Waals surface area contributed by atoms with Gasteiger partial charge in [0, 0.05) is 31.5 Å². The fourth-order valence-corrected chi connectivity index (χ4v) is 4.60. The molecule has 0 radical (unpaired) electrons. The molecule has 2 aliphatic rings. The zero-order valence-corrected chi connectivity index (χ0v) is 15.5. The van der Waals surface area contributed by atoms with E-state index in [2.05, 4.69) is 5.32 Å². The quantitative estimate of drug-likeness (QED) is 0.738. The van der Waals surface area contributed by atoms with E-state index >= 15 is 0 Å². The normalized spacial score (nSPS) is 18.5. The zero-order chi connectivity index (χ0) is 19.4. The summed E-state index contributed by atoms with van der Waals surface area (Å²) in [5, 5.41) is 11.0. The van der Waals surface area contributed by atoms with Crippen molar-refractivity contribution in [2.45, 2.75) is 24.2 Å². The molecule has 0 aromatic heterocycles. The van der Waals surface area contributed by atoms with Gasteiger partial charge in [0.2, 0.25) is 15.9 Å². The van der Waals surface area contributed by atoms with Crippen LogP contribution in [0.25, 0.3) is 0 Å².